The summed E-state index contributed by atoms with van der Waals surface area (Å²) in [6.45, 7) is 1.38. The Morgan fingerprint density at radius 2 is 1.59 bits per heavy atom. The average Bonchev–Trinajstić information content (AvgIpc) is 3.39. The van der Waals surface area contributed by atoms with Crippen molar-refractivity contribution in [2.45, 2.75) is 82.8 Å². The maximum Gasteiger partial charge on any atom is 0.407 e. The minimum Gasteiger partial charge on any atom is -0.449 e. The third kappa shape index (κ3) is 5.15. The van der Waals surface area contributed by atoms with Gasteiger partial charge in [0.1, 0.15) is 6.10 Å². The van der Waals surface area contributed by atoms with Crippen molar-refractivity contribution in [3.63, 3.8) is 0 Å². The Balaban J connectivity index is 1.38. The Kier molecular flexibility index (Phi) is 5.99. The van der Waals surface area contributed by atoms with E-state index in [-0.39, 0.29) is 18.2 Å². The predicted molar refractivity (Wildman–Crippen MR) is 85.8 cm³/mol. The van der Waals surface area contributed by atoms with Crippen molar-refractivity contribution < 1.29 is 14.3 Å². The molecule has 0 spiro atoms. The summed E-state index contributed by atoms with van der Waals surface area (Å²) in [6, 6.07) is 0.155. The quantitative estimate of drug-likeness (QED) is 0.754. The molecule has 0 radical (unpaired) electrons. The van der Waals surface area contributed by atoms with Crippen molar-refractivity contribution in [3.05, 3.63) is 0 Å². The van der Waals surface area contributed by atoms with Gasteiger partial charge in [-0.1, -0.05) is 51.4 Å². The number of amides is 1. The maximum atomic E-state index is 12.1. The van der Waals surface area contributed by atoms with Gasteiger partial charge in [-0.25, -0.2) is 4.79 Å². The molecule has 0 bridgehead atoms. The van der Waals surface area contributed by atoms with Crippen molar-refractivity contribution in [2.24, 2.45) is 11.8 Å². The van der Waals surface area contributed by atoms with Gasteiger partial charge >= 0.3 is 6.09 Å². The molecule has 0 aromatic rings. The second kappa shape index (κ2) is 8.19. The van der Waals surface area contributed by atoms with Gasteiger partial charge in [0.2, 0.25) is 0 Å². The highest BCUT2D eigenvalue weighted by molar-refractivity contribution is 5.67. The van der Waals surface area contributed by atoms with Crippen LogP contribution in [0.3, 0.4) is 0 Å². The summed E-state index contributed by atoms with van der Waals surface area (Å²) in [4.78, 5) is 12.1. The molecule has 3 fully saturated rings. The monoisotopic (exact) mass is 309 g/mol. The van der Waals surface area contributed by atoms with Crippen LogP contribution in [0.25, 0.3) is 0 Å². The molecule has 126 valence electrons. The van der Waals surface area contributed by atoms with Crippen LogP contribution in [0, 0.1) is 11.8 Å². The van der Waals surface area contributed by atoms with Gasteiger partial charge in [0.15, 0.2) is 0 Å². The summed E-state index contributed by atoms with van der Waals surface area (Å²) in [6.07, 6.45) is 14.1. The summed E-state index contributed by atoms with van der Waals surface area (Å²) >= 11 is 0. The highest BCUT2D eigenvalue weighted by atomic mass is 16.6. The fourth-order valence-electron chi connectivity index (χ4n) is 4.11. The Morgan fingerprint density at radius 1 is 1.00 bits per heavy atom. The van der Waals surface area contributed by atoms with E-state index in [1.54, 1.807) is 0 Å². The fraction of sp³-hybridized carbons (Fsp3) is 0.944. The highest BCUT2D eigenvalue weighted by Crippen LogP contribution is 2.30. The first-order valence-corrected chi connectivity index (χ1v) is 9.36. The standard InChI is InChI=1S/C18H31NO3/c20-18(22-12-15-9-5-2-6-10-15)19-16(17-13-21-17)11-14-7-3-1-4-8-14/h14-17H,1-13H2,(H,19,20)/t16-,17+/m0/s1. The molecule has 0 unspecified atom stereocenters. The van der Waals surface area contributed by atoms with E-state index in [0.29, 0.717) is 12.5 Å². The van der Waals surface area contributed by atoms with Gasteiger partial charge in [-0.3, -0.25) is 0 Å². The number of hydrogen-bond donors (Lipinski definition) is 1. The lowest BCUT2D eigenvalue weighted by Crippen LogP contribution is -2.41. The molecule has 0 aromatic heterocycles. The van der Waals surface area contributed by atoms with E-state index >= 15 is 0 Å². The van der Waals surface area contributed by atoms with Gasteiger partial charge in [-0.15, -0.1) is 0 Å². The molecule has 2 atom stereocenters. The van der Waals surface area contributed by atoms with Gasteiger partial charge in [-0.05, 0) is 31.1 Å². The lowest BCUT2D eigenvalue weighted by Gasteiger charge is -2.26. The molecule has 3 aliphatic rings. The van der Waals surface area contributed by atoms with E-state index in [1.807, 2.05) is 0 Å². The molecule has 1 saturated heterocycles. The second-order valence-electron chi connectivity index (χ2n) is 7.46. The van der Waals surface area contributed by atoms with Gasteiger partial charge < -0.3 is 14.8 Å². The fourth-order valence-corrected chi connectivity index (χ4v) is 4.11. The third-order valence-electron chi connectivity index (χ3n) is 5.60. The molecule has 1 amide bonds. The van der Waals surface area contributed by atoms with Crippen molar-refractivity contribution in [1.29, 1.82) is 0 Å². The first-order chi connectivity index (χ1) is 10.8. The van der Waals surface area contributed by atoms with Crippen LogP contribution in [0.2, 0.25) is 0 Å². The number of rotatable bonds is 6. The summed E-state index contributed by atoms with van der Waals surface area (Å²) in [7, 11) is 0. The number of alkyl carbamates (subject to hydrolysis) is 1. The Morgan fingerprint density at radius 3 is 2.18 bits per heavy atom. The number of nitrogens with one attached hydrogen (secondary N) is 1. The van der Waals surface area contributed by atoms with Crippen LogP contribution >= 0.6 is 0 Å². The van der Waals surface area contributed by atoms with Crippen LogP contribution in [-0.4, -0.2) is 31.5 Å². The van der Waals surface area contributed by atoms with Gasteiger partial charge in [0.05, 0.1) is 19.3 Å². The molecule has 2 saturated carbocycles. The number of carbonyl (C=O) groups is 1. The van der Waals surface area contributed by atoms with E-state index in [2.05, 4.69) is 5.32 Å². The van der Waals surface area contributed by atoms with Gasteiger partial charge in [-0.2, -0.15) is 0 Å². The summed E-state index contributed by atoms with van der Waals surface area (Å²) in [5.74, 6) is 1.33. The van der Waals surface area contributed by atoms with Crippen molar-refractivity contribution in [1.82, 2.24) is 5.32 Å². The minimum atomic E-state index is -0.234. The van der Waals surface area contributed by atoms with Crippen LogP contribution in [0.4, 0.5) is 4.79 Å². The molecule has 1 N–H and O–H groups in total. The Bertz CT molecular complexity index is 344. The summed E-state index contributed by atoms with van der Waals surface area (Å²) in [5, 5.41) is 3.08. The molecule has 1 heterocycles. The predicted octanol–water partition coefficient (Wildman–Crippen LogP) is 4.03. The topological polar surface area (TPSA) is 50.9 Å². The van der Waals surface area contributed by atoms with E-state index in [1.165, 1.54) is 64.2 Å². The van der Waals surface area contributed by atoms with Gasteiger partial charge in [0, 0.05) is 0 Å². The van der Waals surface area contributed by atoms with E-state index in [0.717, 1.165) is 18.9 Å². The van der Waals surface area contributed by atoms with Gasteiger partial charge in [0.25, 0.3) is 0 Å². The Hall–Kier alpha value is -0.770. The first-order valence-electron chi connectivity index (χ1n) is 9.36. The van der Waals surface area contributed by atoms with E-state index < -0.39 is 0 Å². The van der Waals surface area contributed by atoms with Crippen LogP contribution in [-0.2, 0) is 9.47 Å². The molecule has 0 aromatic carbocycles. The van der Waals surface area contributed by atoms with Crippen LogP contribution in [0.1, 0.15) is 70.6 Å². The van der Waals surface area contributed by atoms with Crippen molar-refractivity contribution in [2.75, 3.05) is 13.2 Å². The van der Waals surface area contributed by atoms with Crippen molar-refractivity contribution >= 4 is 6.09 Å². The largest absolute Gasteiger partial charge is 0.449 e. The molecular formula is C18H31NO3. The smallest absolute Gasteiger partial charge is 0.407 e. The van der Waals surface area contributed by atoms with Crippen LogP contribution in [0.15, 0.2) is 0 Å². The van der Waals surface area contributed by atoms with Crippen molar-refractivity contribution in [3.8, 4) is 0 Å². The number of hydrogen-bond acceptors (Lipinski definition) is 3. The Labute approximate surface area is 134 Å². The van der Waals surface area contributed by atoms with E-state index in [9.17, 15) is 4.79 Å². The number of carbonyl (C=O) groups excluding carboxylic acids is 1. The normalized spacial score (nSPS) is 28.1. The zero-order valence-electron chi connectivity index (χ0n) is 13.7. The zero-order valence-corrected chi connectivity index (χ0v) is 13.7. The van der Waals surface area contributed by atoms with Crippen LogP contribution in [0.5, 0.6) is 0 Å². The molecule has 3 rings (SSSR count). The number of epoxide rings is 1. The lowest BCUT2D eigenvalue weighted by atomic mass is 9.84. The minimum absolute atomic E-state index is 0.155. The molecule has 1 aliphatic heterocycles. The maximum absolute atomic E-state index is 12.1. The molecular weight excluding hydrogens is 278 g/mol. The third-order valence-corrected chi connectivity index (χ3v) is 5.60. The molecule has 2 aliphatic carbocycles. The lowest BCUT2D eigenvalue weighted by molar-refractivity contribution is 0.109. The zero-order chi connectivity index (χ0) is 15.2. The highest BCUT2D eigenvalue weighted by Gasteiger charge is 2.36. The summed E-state index contributed by atoms with van der Waals surface area (Å²) in [5.41, 5.74) is 0. The van der Waals surface area contributed by atoms with Crippen LogP contribution < -0.4 is 5.32 Å². The molecule has 4 nitrogen and oxygen atoms in total. The van der Waals surface area contributed by atoms with E-state index in [4.69, 9.17) is 9.47 Å². The summed E-state index contributed by atoms with van der Waals surface area (Å²) < 4.78 is 10.9. The first kappa shape index (κ1) is 16.1. The second-order valence-corrected chi connectivity index (χ2v) is 7.46. The SMILES string of the molecule is O=C(N[C@@H](CC1CCCCC1)[C@H]1CO1)OCC1CCCCC1. The number of ether oxygens (including phenoxy) is 2. The molecule has 22 heavy (non-hydrogen) atoms. The average molecular weight is 309 g/mol. The molecule has 4 heteroatoms.